The monoisotopic (exact) mass is 330 g/mol. The van der Waals surface area contributed by atoms with E-state index < -0.39 is 0 Å². The lowest BCUT2D eigenvalue weighted by Crippen LogP contribution is -2.36. The Hall–Kier alpha value is -2.64. The number of hydrogen-bond donors (Lipinski definition) is 0. The van der Waals surface area contributed by atoms with Crippen LogP contribution in [0.1, 0.15) is 5.56 Å². The van der Waals surface area contributed by atoms with Gasteiger partial charge in [-0.2, -0.15) is 4.57 Å². The largest absolute Gasteiger partial charge is 0.220 e. The van der Waals surface area contributed by atoms with E-state index in [1.807, 2.05) is 24.3 Å². The molecule has 0 spiro atoms. The molecule has 0 radical (unpaired) electrons. The second-order valence-electron chi connectivity index (χ2n) is 5.88. The van der Waals surface area contributed by atoms with Crippen molar-refractivity contribution >= 4 is 22.4 Å². The number of fused-ring (bicyclic) bond motifs is 1. The quantitative estimate of drug-likeness (QED) is 0.437. The van der Waals surface area contributed by atoms with Crippen molar-refractivity contribution < 1.29 is 4.57 Å². The Kier molecular flexibility index (Phi) is 4.02. The van der Waals surface area contributed by atoms with Gasteiger partial charge in [-0.25, -0.2) is 0 Å². The van der Waals surface area contributed by atoms with Crippen molar-refractivity contribution in [1.82, 2.24) is 0 Å². The van der Waals surface area contributed by atoms with Crippen LogP contribution in [0.3, 0.4) is 0 Å². The zero-order valence-electron chi connectivity index (χ0n) is 13.2. The molecule has 0 saturated heterocycles. The van der Waals surface area contributed by atoms with E-state index in [0.717, 1.165) is 17.1 Å². The van der Waals surface area contributed by atoms with Gasteiger partial charge in [-0.05, 0) is 29.7 Å². The molecule has 116 valence electrons. The van der Waals surface area contributed by atoms with Crippen molar-refractivity contribution in [2.45, 2.75) is 6.54 Å². The van der Waals surface area contributed by atoms with E-state index >= 15 is 0 Å². The van der Waals surface area contributed by atoms with Crippen LogP contribution in [-0.4, -0.2) is 0 Å². The van der Waals surface area contributed by atoms with Crippen LogP contribution in [0, 0.1) is 0 Å². The van der Waals surface area contributed by atoms with Gasteiger partial charge >= 0.3 is 0 Å². The predicted octanol–water partition coefficient (Wildman–Crippen LogP) is 5.50. The molecule has 1 nitrogen and oxygen atoms in total. The Labute approximate surface area is 146 Å². The summed E-state index contributed by atoms with van der Waals surface area (Å²) in [5, 5.41) is 3.22. The molecule has 0 aliphatic carbocycles. The Morgan fingerprint density at radius 2 is 1.54 bits per heavy atom. The molecule has 4 aromatic rings. The van der Waals surface area contributed by atoms with E-state index in [0.29, 0.717) is 0 Å². The summed E-state index contributed by atoms with van der Waals surface area (Å²) < 4.78 is 2.29. The lowest BCUT2D eigenvalue weighted by molar-refractivity contribution is -0.676. The van der Waals surface area contributed by atoms with Crippen LogP contribution in [-0.2, 0) is 6.54 Å². The van der Waals surface area contributed by atoms with Gasteiger partial charge < -0.3 is 0 Å². The van der Waals surface area contributed by atoms with E-state index in [1.165, 1.54) is 22.0 Å². The minimum atomic E-state index is 0.756. The smallest absolute Gasteiger partial charge is 0.193 e. The summed E-state index contributed by atoms with van der Waals surface area (Å²) in [6, 6.07) is 29.3. The molecule has 0 amide bonds. The van der Waals surface area contributed by atoms with Gasteiger partial charge in [0.2, 0.25) is 5.69 Å². The van der Waals surface area contributed by atoms with Crippen LogP contribution < -0.4 is 4.57 Å². The first-order valence-corrected chi connectivity index (χ1v) is 8.40. The molecule has 0 aliphatic heterocycles. The highest BCUT2D eigenvalue weighted by Crippen LogP contribution is 2.27. The van der Waals surface area contributed by atoms with Crippen molar-refractivity contribution in [3.63, 3.8) is 0 Å². The number of pyridine rings is 1. The van der Waals surface area contributed by atoms with Gasteiger partial charge in [0.05, 0.1) is 5.39 Å². The van der Waals surface area contributed by atoms with Crippen molar-refractivity contribution in [2.24, 2.45) is 0 Å². The summed E-state index contributed by atoms with van der Waals surface area (Å²) in [5.41, 5.74) is 3.61. The standard InChI is InChI=1S/C22H17ClN/c23-20-11-6-10-19(15-20)22-21-12-5-4-9-18(21)13-14-24(22)16-17-7-2-1-3-8-17/h1-15H,16H2/q+1. The third-order valence-electron chi connectivity index (χ3n) is 4.23. The summed E-state index contributed by atoms with van der Waals surface area (Å²) in [6.07, 6.45) is 2.16. The SMILES string of the molecule is Clc1cccc(-c2c3ccccc3cc[n+]2Cc2ccccc2)c1. The maximum absolute atomic E-state index is 6.25. The van der Waals surface area contributed by atoms with E-state index in [2.05, 4.69) is 71.4 Å². The van der Waals surface area contributed by atoms with Gasteiger partial charge in [-0.3, -0.25) is 0 Å². The fourth-order valence-corrected chi connectivity index (χ4v) is 3.32. The molecule has 3 aromatic carbocycles. The first-order chi connectivity index (χ1) is 11.8. The van der Waals surface area contributed by atoms with E-state index in [9.17, 15) is 0 Å². The lowest BCUT2D eigenvalue weighted by Gasteiger charge is -2.08. The van der Waals surface area contributed by atoms with Gasteiger partial charge in [0.25, 0.3) is 0 Å². The molecule has 0 aliphatic rings. The van der Waals surface area contributed by atoms with Gasteiger partial charge in [0, 0.05) is 22.2 Å². The fraction of sp³-hybridized carbons (Fsp3) is 0.0455. The van der Waals surface area contributed by atoms with Gasteiger partial charge in [-0.1, -0.05) is 66.2 Å². The van der Waals surface area contributed by atoms with Crippen LogP contribution in [0.15, 0.2) is 91.1 Å². The summed E-state index contributed by atoms with van der Waals surface area (Å²) in [5.74, 6) is 0. The Bertz CT molecular complexity index is 993. The number of benzene rings is 3. The van der Waals surface area contributed by atoms with Crippen molar-refractivity contribution in [1.29, 1.82) is 0 Å². The highest BCUT2D eigenvalue weighted by atomic mass is 35.5. The zero-order valence-corrected chi connectivity index (χ0v) is 13.9. The average molecular weight is 331 g/mol. The van der Waals surface area contributed by atoms with Crippen LogP contribution in [0.2, 0.25) is 5.02 Å². The number of nitrogens with zero attached hydrogens (tertiary/aromatic N) is 1. The number of aromatic nitrogens is 1. The molecule has 0 saturated carbocycles. The summed E-state index contributed by atoms with van der Waals surface area (Å²) in [7, 11) is 0. The third-order valence-corrected chi connectivity index (χ3v) is 4.47. The molecule has 0 fully saturated rings. The number of hydrogen-bond acceptors (Lipinski definition) is 0. The molecule has 0 N–H and O–H groups in total. The molecule has 24 heavy (non-hydrogen) atoms. The van der Waals surface area contributed by atoms with Gasteiger partial charge in [-0.15, -0.1) is 0 Å². The first kappa shape index (κ1) is 14.9. The maximum Gasteiger partial charge on any atom is 0.220 e. The van der Waals surface area contributed by atoms with Gasteiger partial charge in [0.15, 0.2) is 12.7 Å². The average Bonchev–Trinajstić information content (AvgIpc) is 2.62. The minimum Gasteiger partial charge on any atom is -0.193 e. The van der Waals surface area contributed by atoms with E-state index in [-0.39, 0.29) is 0 Å². The predicted molar refractivity (Wildman–Crippen MR) is 100 cm³/mol. The molecule has 1 heterocycles. The Morgan fingerprint density at radius 3 is 2.38 bits per heavy atom. The second kappa shape index (κ2) is 6.46. The number of rotatable bonds is 3. The molecular formula is C22H17ClN+. The van der Waals surface area contributed by atoms with Crippen molar-refractivity contribution in [2.75, 3.05) is 0 Å². The highest BCUT2D eigenvalue weighted by Gasteiger charge is 2.18. The minimum absolute atomic E-state index is 0.756. The second-order valence-corrected chi connectivity index (χ2v) is 6.31. The third kappa shape index (κ3) is 2.91. The van der Waals surface area contributed by atoms with Gasteiger partial charge in [0.1, 0.15) is 0 Å². The normalized spacial score (nSPS) is 10.9. The molecule has 2 heteroatoms. The van der Waals surface area contributed by atoms with E-state index in [1.54, 1.807) is 0 Å². The molecule has 1 aromatic heterocycles. The molecule has 0 atom stereocenters. The Balaban J connectivity index is 1.94. The summed E-state index contributed by atoms with van der Waals surface area (Å²) in [6.45, 7) is 0.827. The zero-order chi connectivity index (χ0) is 16.4. The van der Waals surface area contributed by atoms with Crippen molar-refractivity contribution in [3.8, 4) is 11.3 Å². The molecule has 0 bridgehead atoms. The fourth-order valence-electron chi connectivity index (χ4n) is 3.13. The van der Waals surface area contributed by atoms with Crippen molar-refractivity contribution in [3.05, 3.63) is 102 Å². The lowest BCUT2D eigenvalue weighted by atomic mass is 10.0. The van der Waals surface area contributed by atoms with Crippen LogP contribution in [0.4, 0.5) is 0 Å². The summed E-state index contributed by atoms with van der Waals surface area (Å²) >= 11 is 6.25. The Morgan fingerprint density at radius 1 is 0.750 bits per heavy atom. The van der Waals surface area contributed by atoms with Crippen LogP contribution in [0.5, 0.6) is 0 Å². The first-order valence-electron chi connectivity index (χ1n) is 8.02. The topological polar surface area (TPSA) is 3.88 Å². The van der Waals surface area contributed by atoms with Crippen LogP contribution >= 0.6 is 11.6 Å². The number of halogens is 1. The summed E-state index contributed by atoms with van der Waals surface area (Å²) in [4.78, 5) is 0. The molecular weight excluding hydrogens is 314 g/mol. The maximum atomic E-state index is 6.25. The molecule has 0 unspecified atom stereocenters. The molecule has 4 rings (SSSR count). The van der Waals surface area contributed by atoms with E-state index in [4.69, 9.17) is 11.6 Å². The highest BCUT2D eigenvalue weighted by molar-refractivity contribution is 6.30. The van der Waals surface area contributed by atoms with Crippen LogP contribution in [0.25, 0.3) is 22.0 Å².